The molecule has 132 valence electrons. The summed E-state index contributed by atoms with van der Waals surface area (Å²) in [5.41, 5.74) is -0.170. The van der Waals surface area contributed by atoms with Crippen LogP contribution in [-0.2, 0) is 4.79 Å². The summed E-state index contributed by atoms with van der Waals surface area (Å²) in [6, 6.07) is -0.0734. The fourth-order valence-electron chi connectivity index (χ4n) is 3.53. The molecule has 0 unspecified atom stereocenters. The molecule has 23 heavy (non-hydrogen) atoms. The lowest BCUT2D eigenvalue weighted by Gasteiger charge is -2.46. The molecule has 6 heteroatoms. The summed E-state index contributed by atoms with van der Waals surface area (Å²) in [6.07, 6.45) is 4.06. The second-order valence-electron chi connectivity index (χ2n) is 7.08. The van der Waals surface area contributed by atoms with Crippen molar-refractivity contribution in [2.75, 3.05) is 26.2 Å². The molecule has 2 heterocycles. The summed E-state index contributed by atoms with van der Waals surface area (Å²) in [6.45, 7) is 12.1. The van der Waals surface area contributed by atoms with Crippen molar-refractivity contribution in [2.24, 2.45) is 5.92 Å². The molecule has 0 radical (unpaired) electrons. The van der Waals surface area contributed by atoms with Crippen molar-refractivity contribution < 1.29 is 4.79 Å². The minimum absolute atomic E-state index is 0.0734. The van der Waals surface area contributed by atoms with Crippen LogP contribution >= 0.6 is 12.2 Å². The third kappa shape index (κ3) is 3.97. The van der Waals surface area contributed by atoms with Crippen LogP contribution in [0.15, 0.2) is 0 Å². The quantitative estimate of drug-likeness (QED) is 0.749. The van der Waals surface area contributed by atoms with Crippen molar-refractivity contribution in [2.45, 2.75) is 65.1 Å². The highest BCUT2D eigenvalue weighted by Crippen LogP contribution is 2.33. The number of nitrogens with zero attached hydrogens (tertiary/aromatic N) is 2. The minimum Gasteiger partial charge on any atom is -0.363 e. The molecule has 0 bridgehead atoms. The standard InChI is InChI=1S/C17H32N4OS/c1-5-9-18-16(23)20-10-7-17(8-11-20)19-14(4)15(22)21(17)12-13(3)6-2/h13-14,19H,5-12H2,1-4H3,(H,18,23)/t13-,14+/m1/s1. The average Bonchev–Trinajstić information content (AvgIpc) is 2.77. The summed E-state index contributed by atoms with van der Waals surface area (Å²) < 4.78 is 0. The molecule has 2 rings (SSSR count). The second kappa shape index (κ2) is 7.79. The number of piperidine rings is 1. The van der Waals surface area contributed by atoms with Crippen molar-refractivity contribution in [3.63, 3.8) is 0 Å². The van der Waals surface area contributed by atoms with E-state index in [9.17, 15) is 4.79 Å². The van der Waals surface area contributed by atoms with Crippen molar-refractivity contribution in [1.29, 1.82) is 0 Å². The van der Waals surface area contributed by atoms with Gasteiger partial charge in [-0.2, -0.15) is 0 Å². The molecule has 2 aliphatic heterocycles. The molecule has 2 aliphatic rings. The van der Waals surface area contributed by atoms with Crippen LogP contribution in [0.25, 0.3) is 0 Å². The zero-order chi connectivity index (χ0) is 17.0. The van der Waals surface area contributed by atoms with Gasteiger partial charge in [-0.3, -0.25) is 10.1 Å². The number of rotatable bonds is 5. The first-order valence-corrected chi connectivity index (χ1v) is 9.46. The lowest BCUT2D eigenvalue weighted by molar-refractivity contribution is -0.133. The number of hydrogen-bond acceptors (Lipinski definition) is 3. The molecular weight excluding hydrogens is 308 g/mol. The molecule has 0 saturated carbocycles. The molecule has 0 aromatic carbocycles. The monoisotopic (exact) mass is 340 g/mol. The SMILES string of the molecule is CCCNC(=S)N1CCC2(CC1)N[C@@H](C)C(=O)N2C[C@H](C)CC. The van der Waals surface area contributed by atoms with Crippen LogP contribution in [0.2, 0.25) is 0 Å². The average molecular weight is 341 g/mol. The van der Waals surface area contributed by atoms with Gasteiger partial charge in [0, 0.05) is 39.0 Å². The molecule has 0 aliphatic carbocycles. The van der Waals surface area contributed by atoms with Gasteiger partial charge in [0.2, 0.25) is 5.91 Å². The van der Waals surface area contributed by atoms with Gasteiger partial charge in [0.15, 0.2) is 5.11 Å². The molecular formula is C17H32N4OS. The highest BCUT2D eigenvalue weighted by atomic mass is 32.1. The van der Waals surface area contributed by atoms with Gasteiger partial charge in [-0.15, -0.1) is 0 Å². The van der Waals surface area contributed by atoms with E-state index in [-0.39, 0.29) is 17.6 Å². The zero-order valence-electron chi connectivity index (χ0n) is 15.0. The number of amides is 1. The zero-order valence-corrected chi connectivity index (χ0v) is 15.8. The first-order valence-electron chi connectivity index (χ1n) is 9.05. The molecule has 2 atom stereocenters. The highest BCUT2D eigenvalue weighted by molar-refractivity contribution is 7.80. The Balaban J connectivity index is 2.01. The van der Waals surface area contributed by atoms with Gasteiger partial charge in [0.1, 0.15) is 0 Å². The Morgan fingerprint density at radius 1 is 1.43 bits per heavy atom. The van der Waals surface area contributed by atoms with E-state index < -0.39 is 0 Å². The molecule has 1 amide bonds. The second-order valence-corrected chi connectivity index (χ2v) is 7.47. The fraction of sp³-hybridized carbons (Fsp3) is 0.882. The van der Waals surface area contributed by atoms with Gasteiger partial charge in [-0.25, -0.2) is 0 Å². The van der Waals surface area contributed by atoms with Crippen molar-refractivity contribution >= 4 is 23.2 Å². The number of thiocarbonyl (C=S) groups is 1. The number of hydrogen-bond donors (Lipinski definition) is 2. The minimum atomic E-state index is -0.170. The van der Waals surface area contributed by atoms with Crippen molar-refractivity contribution in [3.8, 4) is 0 Å². The number of likely N-dealkylation sites (tertiary alicyclic amines) is 1. The van der Waals surface area contributed by atoms with Crippen molar-refractivity contribution in [3.05, 3.63) is 0 Å². The maximum absolute atomic E-state index is 12.6. The van der Waals surface area contributed by atoms with E-state index >= 15 is 0 Å². The van der Waals surface area contributed by atoms with Gasteiger partial charge in [-0.1, -0.05) is 27.2 Å². The van der Waals surface area contributed by atoms with E-state index in [4.69, 9.17) is 12.2 Å². The largest absolute Gasteiger partial charge is 0.363 e. The Morgan fingerprint density at radius 2 is 2.09 bits per heavy atom. The Bertz CT molecular complexity index is 434. The van der Waals surface area contributed by atoms with Crippen LogP contribution < -0.4 is 10.6 Å². The Hall–Kier alpha value is -0.880. The molecule has 0 aromatic rings. The fourth-order valence-corrected chi connectivity index (χ4v) is 3.82. The van der Waals surface area contributed by atoms with Crippen LogP contribution in [0.4, 0.5) is 0 Å². The molecule has 2 N–H and O–H groups in total. The van der Waals surface area contributed by atoms with Gasteiger partial charge in [0.05, 0.1) is 11.7 Å². The van der Waals surface area contributed by atoms with Crippen LogP contribution in [0, 0.1) is 5.92 Å². The summed E-state index contributed by atoms with van der Waals surface area (Å²) in [5, 5.41) is 7.75. The van der Waals surface area contributed by atoms with Crippen molar-refractivity contribution in [1.82, 2.24) is 20.4 Å². The summed E-state index contributed by atoms with van der Waals surface area (Å²) in [7, 11) is 0. The van der Waals surface area contributed by atoms with Gasteiger partial charge >= 0.3 is 0 Å². The summed E-state index contributed by atoms with van der Waals surface area (Å²) in [4.78, 5) is 17.0. The normalized spacial score (nSPS) is 25.0. The predicted molar refractivity (Wildman–Crippen MR) is 98.2 cm³/mol. The predicted octanol–water partition coefficient (Wildman–Crippen LogP) is 1.93. The van der Waals surface area contributed by atoms with E-state index in [2.05, 4.69) is 41.2 Å². The van der Waals surface area contributed by atoms with Crippen LogP contribution in [0.3, 0.4) is 0 Å². The molecule has 2 fully saturated rings. The van der Waals surface area contributed by atoms with Gasteiger partial charge < -0.3 is 15.1 Å². The first-order chi connectivity index (χ1) is 10.9. The smallest absolute Gasteiger partial charge is 0.240 e. The van der Waals surface area contributed by atoms with Crippen LogP contribution in [-0.4, -0.2) is 58.7 Å². The van der Waals surface area contributed by atoms with E-state index in [1.165, 1.54) is 0 Å². The third-order valence-electron chi connectivity index (χ3n) is 5.23. The molecule has 2 saturated heterocycles. The molecule has 1 spiro atoms. The van der Waals surface area contributed by atoms with E-state index in [1.54, 1.807) is 0 Å². The summed E-state index contributed by atoms with van der Waals surface area (Å²) in [5.74, 6) is 0.790. The first kappa shape index (κ1) is 18.5. The maximum atomic E-state index is 12.6. The number of carbonyl (C=O) groups excluding carboxylic acids is 1. The van der Waals surface area contributed by atoms with E-state index in [0.717, 1.165) is 57.0 Å². The number of nitrogens with one attached hydrogen (secondary N) is 2. The maximum Gasteiger partial charge on any atom is 0.240 e. The lowest BCUT2D eigenvalue weighted by Crippen LogP contribution is -2.60. The van der Waals surface area contributed by atoms with E-state index in [0.29, 0.717) is 5.92 Å². The van der Waals surface area contributed by atoms with E-state index in [1.807, 2.05) is 6.92 Å². The van der Waals surface area contributed by atoms with Crippen LogP contribution in [0.5, 0.6) is 0 Å². The lowest BCUT2D eigenvalue weighted by atomic mass is 9.94. The Labute approximate surface area is 146 Å². The Kier molecular flexibility index (Phi) is 6.26. The summed E-state index contributed by atoms with van der Waals surface area (Å²) >= 11 is 5.48. The highest BCUT2D eigenvalue weighted by Gasteiger charge is 2.50. The van der Waals surface area contributed by atoms with Crippen LogP contribution in [0.1, 0.15) is 53.4 Å². The van der Waals surface area contributed by atoms with Gasteiger partial charge in [0.25, 0.3) is 0 Å². The molecule has 0 aromatic heterocycles. The molecule has 5 nitrogen and oxygen atoms in total. The topological polar surface area (TPSA) is 47.6 Å². The third-order valence-corrected chi connectivity index (χ3v) is 5.64. The van der Waals surface area contributed by atoms with Gasteiger partial charge in [-0.05, 0) is 31.5 Å². The number of carbonyl (C=O) groups is 1. The Morgan fingerprint density at radius 3 is 2.65 bits per heavy atom.